The SMILES string of the molecule is O=C(O)C(O)CNS(=O)(=O)c1ccc(F)c(F)c1. The number of carboxylic acids is 1. The molecule has 0 aliphatic rings. The molecular weight excluding hydrogens is 272 g/mol. The predicted molar refractivity (Wildman–Crippen MR) is 55.2 cm³/mol. The number of hydrogen-bond acceptors (Lipinski definition) is 4. The van der Waals surface area contributed by atoms with Gasteiger partial charge in [-0.1, -0.05) is 0 Å². The van der Waals surface area contributed by atoms with E-state index in [4.69, 9.17) is 10.2 Å². The molecule has 1 aromatic carbocycles. The number of carbonyl (C=O) groups is 1. The monoisotopic (exact) mass is 281 g/mol. The van der Waals surface area contributed by atoms with Gasteiger partial charge in [0.25, 0.3) is 0 Å². The van der Waals surface area contributed by atoms with Crippen LogP contribution in [-0.2, 0) is 14.8 Å². The number of rotatable bonds is 5. The van der Waals surface area contributed by atoms with Gasteiger partial charge in [-0.3, -0.25) is 0 Å². The molecule has 0 saturated heterocycles. The zero-order valence-corrected chi connectivity index (χ0v) is 9.62. The summed E-state index contributed by atoms with van der Waals surface area (Å²) >= 11 is 0. The lowest BCUT2D eigenvalue weighted by molar-refractivity contribution is -0.146. The maximum atomic E-state index is 12.8. The van der Waals surface area contributed by atoms with Crippen LogP contribution in [0.4, 0.5) is 8.78 Å². The molecule has 1 rings (SSSR count). The highest BCUT2D eigenvalue weighted by Gasteiger charge is 2.20. The molecule has 1 atom stereocenters. The van der Waals surface area contributed by atoms with Crippen LogP contribution < -0.4 is 4.72 Å². The van der Waals surface area contributed by atoms with E-state index >= 15 is 0 Å². The molecule has 0 fully saturated rings. The van der Waals surface area contributed by atoms with Crippen molar-refractivity contribution in [3.63, 3.8) is 0 Å². The number of aliphatic hydroxyl groups excluding tert-OH is 1. The Labute approximate surface area is 101 Å². The van der Waals surface area contributed by atoms with Gasteiger partial charge in [-0.25, -0.2) is 26.7 Å². The first kappa shape index (κ1) is 14.5. The zero-order chi connectivity index (χ0) is 13.9. The molecular formula is C9H9F2NO5S. The summed E-state index contributed by atoms with van der Waals surface area (Å²) in [6.45, 7) is -0.781. The first-order valence-electron chi connectivity index (χ1n) is 4.59. The molecule has 6 nitrogen and oxygen atoms in total. The van der Waals surface area contributed by atoms with Gasteiger partial charge in [-0.05, 0) is 18.2 Å². The number of sulfonamides is 1. The van der Waals surface area contributed by atoms with Gasteiger partial charge in [0.1, 0.15) is 0 Å². The Bertz CT molecular complexity index is 560. The van der Waals surface area contributed by atoms with Crippen molar-refractivity contribution in [2.75, 3.05) is 6.54 Å². The quantitative estimate of drug-likeness (QED) is 0.686. The summed E-state index contributed by atoms with van der Waals surface area (Å²) in [6, 6.07) is 1.89. The highest BCUT2D eigenvalue weighted by molar-refractivity contribution is 7.89. The molecule has 0 bridgehead atoms. The van der Waals surface area contributed by atoms with Gasteiger partial charge in [0.2, 0.25) is 10.0 Å². The van der Waals surface area contributed by atoms with Crippen molar-refractivity contribution in [2.45, 2.75) is 11.0 Å². The van der Waals surface area contributed by atoms with Crippen LogP contribution >= 0.6 is 0 Å². The number of aliphatic carboxylic acids is 1. The Morgan fingerprint density at radius 1 is 1.33 bits per heavy atom. The van der Waals surface area contributed by atoms with Crippen LogP contribution in [0.25, 0.3) is 0 Å². The molecule has 9 heteroatoms. The van der Waals surface area contributed by atoms with E-state index in [1.54, 1.807) is 4.72 Å². The minimum absolute atomic E-state index is 0.449. The van der Waals surface area contributed by atoms with Crippen molar-refractivity contribution in [3.05, 3.63) is 29.8 Å². The Kier molecular flexibility index (Phi) is 4.33. The van der Waals surface area contributed by atoms with Gasteiger partial charge in [0, 0.05) is 6.54 Å². The number of nitrogens with one attached hydrogen (secondary N) is 1. The standard InChI is InChI=1S/C9H9F2NO5S/c10-6-2-1-5(3-7(6)11)18(16,17)12-4-8(13)9(14)15/h1-3,8,12-13H,4H2,(H,14,15). The summed E-state index contributed by atoms with van der Waals surface area (Å²) in [5.41, 5.74) is 0. The number of carboxylic acid groups (broad SMARTS) is 1. The van der Waals surface area contributed by atoms with Gasteiger partial charge in [0.15, 0.2) is 17.7 Å². The molecule has 0 aliphatic carbocycles. The number of benzene rings is 1. The van der Waals surface area contributed by atoms with Gasteiger partial charge < -0.3 is 10.2 Å². The van der Waals surface area contributed by atoms with Crippen molar-refractivity contribution in [2.24, 2.45) is 0 Å². The molecule has 0 saturated carbocycles. The Balaban J connectivity index is 2.87. The highest BCUT2D eigenvalue weighted by Crippen LogP contribution is 2.13. The van der Waals surface area contributed by atoms with E-state index in [1.807, 2.05) is 0 Å². The van der Waals surface area contributed by atoms with Gasteiger partial charge in [0.05, 0.1) is 4.90 Å². The smallest absolute Gasteiger partial charge is 0.333 e. The first-order valence-corrected chi connectivity index (χ1v) is 6.08. The maximum absolute atomic E-state index is 12.8. The molecule has 0 aromatic heterocycles. The summed E-state index contributed by atoms with van der Waals surface area (Å²) < 4.78 is 50.2. The summed E-state index contributed by atoms with van der Waals surface area (Å²) in [4.78, 5) is 9.69. The second-order valence-corrected chi connectivity index (χ2v) is 5.05. The van der Waals surface area contributed by atoms with E-state index in [0.717, 1.165) is 6.07 Å². The lowest BCUT2D eigenvalue weighted by atomic mass is 10.3. The molecule has 100 valence electrons. The van der Waals surface area contributed by atoms with Gasteiger partial charge >= 0.3 is 5.97 Å². The van der Waals surface area contributed by atoms with Crippen molar-refractivity contribution in [1.82, 2.24) is 4.72 Å². The summed E-state index contributed by atoms with van der Waals surface area (Å²) in [5, 5.41) is 17.2. The third-order valence-electron chi connectivity index (χ3n) is 1.95. The zero-order valence-electron chi connectivity index (χ0n) is 8.80. The van der Waals surface area contributed by atoms with E-state index in [9.17, 15) is 22.0 Å². The van der Waals surface area contributed by atoms with E-state index in [1.165, 1.54) is 0 Å². The number of aliphatic hydroxyl groups is 1. The van der Waals surface area contributed by atoms with Gasteiger partial charge in [-0.2, -0.15) is 0 Å². The molecule has 0 aliphatic heterocycles. The van der Waals surface area contributed by atoms with Crippen molar-refractivity contribution in [3.8, 4) is 0 Å². The van der Waals surface area contributed by atoms with Gasteiger partial charge in [-0.15, -0.1) is 0 Å². The molecule has 0 amide bonds. The van der Waals surface area contributed by atoms with Crippen molar-refractivity contribution in [1.29, 1.82) is 0 Å². The highest BCUT2D eigenvalue weighted by atomic mass is 32.2. The van der Waals surface area contributed by atoms with E-state index < -0.39 is 45.2 Å². The van der Waals surface area contributed by atoms with E-state index in [0.29, 0.717) is 12.1 Å². The van der Waals surface area contributed by atoms with Crippen LogP contribution in [0.15, 0.2) is 23.1 Å². The summed E-state index contributed by atoms with van der Waals surface area (Å²) in [6.07, 6.45) is -1.93. The maximum Gasteiger partial charge on any atom is 0.333 e. The topological polar surface area (TPSA) is 104 Å². The van der Waals surface area contributed by atoms with E-state index in [2.05, 4.69) is 0 Å². The molecule has 1 aromatic rings. The summed E-state index contributed by atoms with van der Waals surface area (Å²) in [5.74, 6) is -4.17. The molecule has 1 unspecified atom stereocenters. The fourth-order valence-corrected chi connectivity index (χ4v) is 2.05. The minimum atomic E-state index is -4.21. The number of halogens is 2. The average molecular weight is 281 g/mol. The second kappa shape index (κ2) is 5.38. The average Bonchev–Trinajstić information content (AvgIpc) is 2.29. The van der Waals surface area contributed by atoms with Crippen LogP contribution in [0.3, 0.4) is 0 Å². The normalized spacial score (nSPS) is 13.3. The third kappa shape index (κ3) is 3.45. The fourth-order valence-electron chi connectivity index (χ4n) is 1.00. The molecule has 0 radical (unpaired) electrons. The van der Waals surface area contributed by atoms with Crippen LogP contribution in [0.1, 0.15) is 0 Å². The Hall–Kier alpha value is -1.58. The largest absolute Gasteiger partial charge is 0.479 e. The second-order valence-electron chi connectivity index (χ2n) is 3.28. The number of hydrogen-bond donors (Lipinski definition) is 3. The van der Waals surface area contributed by atoms with E-state index in [-0.39, 0.29) is 0 Å². The third-order valence-corrected chi connectivity index (χ3v) is 3.37. The summed E-state index contributed by atoms with van der Waals surface area (Å²) in [7, 11) is -4.21. The molecule has 18 heavy (non-hydrogen) atoms. The molecule has 0 spiro atoms. The Morgan fingerprint density at radius 3 is 2.44 bits per heavy atom. The first-order chi connectivity index (χ1) is 8.24. The van der Waals surface area contributed by atoms with Crippen molar-refractivity contribution >= 4 is 16.0 Å². The minimum Gasteiger partial charge on any atom is -0.479 e. The lowest BCUT2D eigenvalue weighted by Crippen LogP contribution is -2.36. The van der Waals surface area contributed by atoms with Crippen molar-refractivity contribution < 1.29 is 32.2 Å². The molecule has 0 heterocycles. The molecule has 3 N–H and O–H groups in total. The predicted octanol–water partition coefficient (Wildman–Crippen LogP) is -0.311. The lowest BCUT2D eigenvalue weighted by Gasteiger charge is -2.08. The van der Waals surface area contributed by atoms with Crippen LogP contribution in [0.5, 0.6) is 0 Å². The van der Waals surface area contributed by atoms with Crippen LogP contribution in [0, 0.1) is 11.6 Å². The fraction of sp³-hybridized carbons (Fsp3) is 0.222. The van der Waals surface area contributed by atoms with Crippen LogP contribution in [-0.4, -0.2) is 37.2 Å². The van der Waals surface area contributed by atoms with Crippen LogP contribution in [0.2, 0.25) is 0 Å². The Morgan fingerprint density at radius 2 is 1.94 bits per heavy atom.